The van der Waals surface area contributed by atoms with Crippen LogP contribution in [0.4, 0.5) is 19.0 Å². The molecule has 0 aliphatic heterocycles. The van der Waals surface area contributed by atoms with Gasteiger partial charge in [0.2, 0.25) is 11.8 Å². The Morgan fingerprint density at radius 1 is 0.950 bits per heavy atom. The first-order valence-corrected chi connectivity index (χ1v) is 12.2. The van der Waals surface area contributed by atoms with Crippen molar-refractivity contribution in [2.45, 2.75) is 25.4 Å². The van der Waals surface area contributed by atoms with Gasteiger partial charge in [-0.2, -0.15) is 23.7 Å². The van der Waals surface area contributed by atoms with Crippen LogP contribution in [0.25, 0.3) is 38.8 Å². The van der Waals surface area contributed by atoms with Gasteiger partial charge in [0.15, 0.2) is 0 Å². The molecule has 0 saturated heterocycles. The summed E-state index contributed by atoms with van der Waals surface area (Å²) >= 11 is 0. The Labute approximate surface area is 227 Å². The van der Waals surface area contributed by atoms with Gasteiger partial charge in [0.1, 0.15) is 5.82 Å². The fourth-order valence-corrected chi connectivity index (χ4v) is 4.73. The van der Waals surface area contributed by atoms with Crippen LogP contribution in [0.2, 0.25) is 0 Å². The molecule has 0 radical (unpaired) electrons. The summed E-state index contributed by atoms with van der Waals surface area (Å²) in [5, 5.41) is 22.1. The lowest BCUT2D eigenvalue weighted by atomic mass is 9.86. The van der Waals surface area contributed by atoms with Gasteiger partial charge >= 0.3 is 6.18 Å². The van der Waals surface area contributed by atoms with Gasteiger partial charge in [-0.1, -0.05) is 18.2 Å². The Morgan fingerprint density at radius 3 is 2.30 bits per heavy atom. The number of imidazole rings is 1. The highest BCUT2D eigenvalue weighted by atomic mass is 19.4. The van der Waals surface area contributed by atoms with E-state index in [4.69, 9.17) is 0 Å². The number of rotatable bonds is 4. The first-order chi connectivity index (χ1) is 19.0. The summed E-state index contributed by atoms with van der Waals surface area (Å²) in [4.78, 5) is 12.6. The van der Waals surface area contributed by atoms with E-state index >= 15 is 0 Å². The number of fused-ring (bicyclic) bond motifs is 3. The summed E-state index contributed by atoms with van der Waals surface area (Å²) in [5.41, 5.74) is 3.04. The minimum Gasteiger partial charge on any atom is -0.373 e. The number of hydrogen-bond acceptors (Lipinski definition) is 6. The van der Waals surface area contributed by atoms with Gasteiger partial charge in [-0.15, -0.1) is 4.99 Å². The number of anilines is 1. The van der Waals surface area contributed by atoms with Gasteiger partial charge in [0, 0.05) is 36.9 Å². The number of aromatic nitrogens is 4. The van der Waals surface area contributed by atoms with Crippen LogP contribution in [0.15, 0.2) is 65.9 Å². The summed E-state index contributed by atoms with van der Waals surface area (Å²) in [5.74, 6) is -0.257. The number of nitrogens with zero attached hydrogens (tertiary/aromatic N) is 7. The maximum absolute atomic E-state index is 13.7. The second kappa shape index (κ2) is 9.54. The van der Waals surface area contributed by atoms with E-state index in [0.29, 0.717) is 38.8 Å². The van der Waals surface area contributed by atoms with E-state index in [1.165, 1.54) is 13.2 Å². The van der Waals surface area contributed by atoms with Crippen molar-refractivity contribution in [2.24, 2.45) is 12.0 Å². The maximum Gasteiger partial charge on any atom is 0.419 e. The fraction of sp³-hybridized carbons (Fsp3) is 0.207. The number of aryl methyl sites for hydroxylation is 1. The molecule has 2 aromatic carbocycles. The lowest BCUT2D eigenvalue weighted by Gasteiger charge is -2.16. The summed E-state index contributed by atoms with van der Waals surface area (Å²) < 4.78 is 44.7. The van der Waals surface area contributed by atoms with Gasteiger partial charge in [-0.25, -0.2) is 4.98 Å². The van der Waals surface area contributed by atoms with E-state index in [0.717, 1.165) is 11.6 Å². The van der Waals surface area contributed by atoms with Gasteiger partial charge in [-0.05, 0) is 55.3 Å². The SMILES string of the molecule is CNc1ncc(-c2ccc3ncc4c(c3c2)n(-c2ccc(C(C)(C)C#N)cc2)c(=NC#N)n4C)cc1C(F)(F)F. The molecule has 0 saturated carbocycles. The van der Waals surface area contributed by atoms with Crippen LogP contribution in [0.1, 0.15) is 25.0 Å². The minimum absolute atomic E-state index is 0.257. The molecule has 5 rings (SSSR count). The normalized spacial score (nSPS) is 12.5. The predicted molar refractivity (Wildman–Crippen MR) is 145 cm³/mol. The zero-order chi connectivity index (χ0) is 28.8. The number of halogens is 3. The van der Waals surface area contributed by atoms with Gasteiger partial charge < -0.3 is 9.88 Å². The highest BCUT2D eigenvalue weighted by molar-refractivity contribution is 6.04. The van der Waals surface area contributed by atoms with Gasteiger partial charge in [-0.3, -0.25) is 9.55 Å². The van der Waals surface area contributed by atoms with Crippen molar-refractivity contribution in [2.75, 3.05) is 12.4 Å². The van der Waals surface area contributed by atoms with E-state index in [1.54, 1.807) is 40.6 Å². The molecule has 200 valence electrons. The molecule has 0 aliphatic carbocycles. The minimum atomic E-state index is -4.59. The Morgan fingerprint density at radius 2 is 1.68 bits per heavy atom. The molecule has 3 heterocycles. The number of nitriles is 2. The quantitative estimate of drug-likeness (QED) is 0.289. The smallest absolute Gasteiger partial charge is 0.373 e. The molecule has 0 unspecified atom stereocenters. The van der Waals surface area contributed by atoms with Crippen molar-refractivity contribution in [1.82, 2.24) is 19.1 Å². The van der Waals surface area contributed by atoms with Gasteiger partial charge in [0.05, 0.1) is 39.8 Å². The number of benzene rings is 2. The Kier molecular flexibility index (Phi) is 6.31. The molecule has 1 N–H and O–H groups in total. The molecular weight excluding hydrogens is 517 g/mol. The molecule has 5 aromatic rings. The summed E-state index contributed by atoms with van der Waals surface area (Å²) in [6, 6.07) is 15.9. The third-order valence-electron chi connectivity index (χ3n) is 6.95. The summed E-state index contributed by atoms with van der Waals surface area (Å²) in [7, 11) is 3.15. The predicted octanol–water partition coefficient (Wildman–Crippen LogP) is 5.82. The van der Waals surface area contributed by atoms with E-state index in [9.17, 15) is 23.7 Å². The van der Waals surface area contributed by atoms with E-state index < -0.39 is 17.2 Å². The molecule has 11 heteroatoms. The van der Waals surface area contributed by atoms with E-state index in [1.807, 2.05) is 44.3 Å². The molecule has 0 spiro atoms. The topological polar surface area (TPSA) is 108 Å². The second-order valence-electron chi connectivity index (χ2n) is 9.78. The summed E-state index contributed by atoms with van der Waals surface area (Å²) in [6.07, 6.45) is 0.327. The largest absolute Gasteiger partial charge is 0.419 e. The lowest BCUT2D eigenvalue weighted by Crippen LogP contribution is -2.23. The molecule has 0 atom stereocenters. The molecule has 0 amide bonds. The van der Waals surface area contributed by atoms with Crippen molar-refractivity contribution in [3.63, 3.8) is 0 Å². The van der Waals surface area contributed by atoms with Crippen molar-refractivity contribution in [3.05, 3.63) is 77.7 Å². The van der Waals surface area contributed by atoms with Crippen LogP contribution < -0.4 is 10.9 Å². The van der Waals surface area contributed by atoms with Crippen molar-refractivity contribution in [3.8, 4) is 29.1 Å². The Bertz CT molecular complexity index is 1930. The highest BCUT2D eigenvalue weighted by Gasteiger charge is 2.34. The van der Waals surface area contributed by atoms with Crippen LogP contribution in [0, 0.1) is 22.8 Å². The highest BCUT2D eigenvalue weighted by Crippen LogP contribution is 2.37. The van der Waals surface area contributed by atoms with Crippen LogP contribution >= 0.6 is 0 Å². The Balaban J connectivity index is 1.81. The number of hydrogen-bond donors (Lipinski definition) is 1. The standard InChI is InChI=1S/C29H23F3N8/c1-28(2,15-33)19-6-8-20(9-7-19)40-25-21-11-17(18-12-22(29(30,31)32)26(35-3)37-13-18)5-10-23(21)36-14-24(25)39(4)27(40)38-16-34/h5-14H,1-4H3,(H,35,37). The van der Waals surface area contributed by atoms with E-state index in [-0.39, 0.29) is 11.4 Å². The van der Waals surface area contributed by atoms with Crippen molar-refractivity contribution in [1.29, 1.82) is 10.5 Å². The second-order valence-corrected chi connectivity index (χ2v) is 9.78. The van der Waals surface area contributed by atoms with E-state index in [2.05, 4.69) is 26.3 Å². The third kappa shape index (κ3) is 4.31. The zero-order valence-corrected chi connectivity index (χ0v) is 22.0. The third-order valence-corrected chi connectivity index (χ3v) is 6.95. The average Bonchev–Trinajstić information content (AvgIpc) is 3.23. The first kappa shape index (κ1) is 26.4. The van der Waals surface area contributed by atoms with Crippen LogP contribution in [-0.4, -0.2) is 26.1 Å². The molecule has 40 heavy (non-hydrogen) atoms. The van der Waals surface area contributed by atoms with Crippen molar-refractivity contribution >= 4 is 27.8 Å². The molecule has 0 fully saturated rings. The van der Waals surface area contributed by atoms with Crippen LogP contribution in [0.5, 0.6) is 0 Å². The average molecular weight is 541 g/mol. The fourth-order valence-electron chi connectivity index (χ4n) is 4.73. The van der Waals surface area contributed by atoms with Crippen LogP contribution in [-0.2, 0) is 18.6 Å². The van der Waals surface area contributed by atoms with Crippen LogP contribution in [0.3, 0.4) is 0 Å². The summed E-state index contributed by atoms with van der Waals surface area (Å²) in [6.45, 7) is 3.65. The number of pyridine rings is 2. The molecule has 0 bridgehead atoms. The maximum atomic E-state index is 13.7. The molecule has 3 aromatic heterocycles. The lowest BCUT2D eigenvalue weighted by molar-refractivity contribution is -0.137. The van der Waals surface area contributed by atoms with Crippen molar-refractivity contribution < 1.29 is 13.2 Å². The molecule has 8 nitrogen and oxygen atoms in total. The monoisotopic (exact) mass is 540 g/mol. The van der Waals surface area contributed by atoms with Gasteiger partial charge in [0.25, 0.3) is 0 Å². The first-order valence-electron chi connectivity index (χ1n) is 12.2. The molecular formula is C29H23F3N8. The molecule has 0 aliphatic rings. The zero-order valence-electron chi connectivity index (χ0n) is 22.0. The number of alkyl halides is 3. The number of nitrogens with one attached hydrogen (secondary N) is 1. The Hall–Kier alpha value is -5.16.